The van der Waals surface area contributed by atoms with Crippen LogP contribution in [0.1, 0.15) is 28.1 Å². The number of carbonyl (C=O) groups is 1. The van der Waals surface area contributed by atoms with Gasteiger partial charge in [-0.25, -0.2) is 12.8 Å². The number of fused-ring (bicyclic) bond motifs is 1. The number of hydrogen-bond donors (Lipinski definition) is 0. The van der Waals surface area contributed by atoms with Crippen molar-refractivity contribution in [2.45, 2.75) is 25.9 Å². The zero-order valence-corrected chi connectivity index (χ0v) is 17.3. The van der Waals surface area contributed by atoms with Crippen molar-refractivity contribution >= 4 is 38.3 Å². The molecule has 1 amide bonds. The van der Waals surface area contributed by atoms with Crippen molar-refractivity contribution in [3.05, 3.63) is 70.2 Å². The van der Waals surface area contributed by atoms with E-state index in [0.29, 0.717) is 28.2 Å². The Kier molecular flexibility index (Phi) is 5.12. The lowest BCUT2D eigenvalue weighted by atomic mass is 10.1. The van der Waals surface area contributed by atoms with Crippen molar-refractivity contribution in [1.82, 2.24) is 4.90 Å². The zero-order valence-electron chi connectivity index (χ0n) is 15.7. The maximum absolute atomic E-state index is 13.7. The SMILES string of the molecule is Cc1c(C(=O)N(Cc2cccc(F)c2)[C@@H]2CCS(=O)(=O)C2)oc2ccc(Cl)cc12. The number of halogens is 2. The minimum Gasteiger partial charge on any atom is -0.451 e. The van der Waals surface area contributed by atoms with Crippen LogP contribution in [0, 0.1) is 12.7 Å². The average Bonchev–Trinajstić information content (AvgIpc) is 3.19. The molecular weight excluding hydrogens is 417 g/mol. The Labute approximate surface area is 173 Å². The molecule has 0 aliphatic carbocycles. The van der Waals surface area contributed by atoms with Gasteiger partial charge in [0.1, 0.15) is 11.4 Å². The maximum Gasteiger partial charge on any atom is 0.290 e. The van der Waals surface area contributed by atoms with Crippen LogP contribution in [0.4, 0.5) is 4.39 Å². The first kappa shape index (κ1) is 19.9. The van der Waals surface area contributed by atoms with Crippen molar-refractivity contribution in [1.29, 1.82) is 0 Å². The fourth-order valence-corrected chi connectivity index (χ4v) is 5.65. The smallest absolute Gasteiger partial charge is 0.290 e. The van der Waals surface area contributed by atoms with Crippen LogP contribution < -0.4 is 0 Å². The van der Waals surface area contributed by atoms with Crippen LogP contribution >= 0.6 is 11.6 Å². The van der Waals surface area contributed by atoms with Gasteiger partial charge in [0.25, 0.3) is 5.91 Å². The van der Waals surface area contributed by atoms with Gasteiger partial charge in [-0.05, 0) is 49.2 Å². The standard InChI is InChI=1S/C21H19ClFNO4S/c1-13-18-10-15(22)5-6-19(18)28-20(13)21(25)24(17-7-8-29(26,27)12-17)11-14-3-2-4-16(23)9-14/h2-6,9-10,17H,7-8,11-12H2,1H3/t17-/m1/s1. The highest BCUT2D eigenvalue weighted by molar-refractivity contribution is 7.91. The Morgan fingerprint density at radius 1 is 1.28 bits per heavy atom. The summed E-state index contributed by atoms with van der Waals surface area (Å²) in [6, 6.07) is 10.5. The molecule has 1 saturated heterocycles. The number of benzene rings is 2. The summed E-state index contributed by atoms with van der Waals surface area (Å²) in [5.41, 5.74) is 1.75. The molecule has 0 unspecified atom stereocenters. The van der Waals surface area contributed by atoms with Crippen LogP contribution in [0.25, 0.3) is 11.0 Å². The van der Waals surface area contributed by atoms with E-state index in [0.717, 1.165) is 5.39 Å². The molecule has 1 fully saturated rings. The third-order valence-corrected chi connectivity index (χ3v) is 7.23. The molecule has 5 nitrogen and oxygen atoms in total. The van der Waals surface area contributed by atoms with E-state index in [1.54, 1.807) is 37.3 Å². The number of carbonyl (C=O) groups excluding carboxylic acids is 1. The van der Waals surface area contributed by atoms with Gasteiger partial charge in [-0.15, -0.1) is 0 Å². The minimum atomic E-state index is -3.21. The summed E-state index contributed by atoms with van der Waals surface area (Å²) < 4.78 is 43.5. The summed E-state index contributed by atoms with van der Waals surface area (Å²) in [4.78, 5) is 14.9. The number of aryl methyl sites for hydroxylation is 1. The molecule has 29 heavy (non-hydrogen) atoms. The molecule has 1 aliphatic rings. The molecule has 8 heteroatoms. The maximum atomic E-state index is 13.7. The first-order valence-electron chi connectivity index (χ1n) is 9.18. The van der Waals surface area contributed by atoms with Crippen LogP contribution in [0.5, 0.6) is 0 Å². The van der Waals surface area contributed by atoms with Gasteiger partial charge >= 0.3 is 0 Å². The largest absolute Gasteiger partial charge is 0.451 e. The Bertz CT molecular complexity index is 1200. The van der Waals surface area contributed by atoms with Crippen molar-refractivity contribution < 1.29 is 22.0 Å². The summed E-state index contributed by atoms with van der Waals surface area (Å²) in [6.45, 7) is 1.86. The van der Waals surface area contributed by atoms with Crippen LogP contribution in [0.2, 0.25) is 5.02 Å². The van der Waals surface area contributed by atoms with E-state index in [-0.39, 0.29) is 23.8 Å². The van der Waals surface area contributed by atoms with E-state index in [2.05, 4.69) is 0 Å². The first-order chi connectivity index (χ1) is 13.7. The van der Waals surface area contributed by atoms with Crippen molar-refractivity contribution in [2.24, 2.45) is 0 Å². The number of nitrogens with zero attached hydrogens (tertiary/aromatic N) is 1. The fraction of sp³-hybridized carbons (Fsp3) is 0.286. The molecule has 1 aliphatic heterocycles. The van der Waals surface area contributed by atoms with Crippen LogP contribution in [0.15, 0.2) is 46.9 Å². The second-order valence-corrected chi connectivity index (χ2v) is 9.98. The average molecular weight is 436 g/mol. The third-order valence-electron chi connectivity index (χ3n) is 5.24. The summed E-state index contributed by atoms with van der Waals surface area (Å²) in [7, 11) is -3.21. The molecule has 3 aromatic rings. The number of sulfone groups is 1. The van der Waals surface area contributed by atoms with Gasteiger partial charge in [0, 0.05) is 28.6 Å². The van der Waals surface area contributed by atoms with Crippen LogP contribution in [-0.2, 0) is 16.4 Å². The summed E-state index contributed by atoms with van der Waals surface area (Å²) in [6.07, 6.45) is 0.342. The number of amides is 1. The fourth-order valence-electron chi connectivity index (χ4n) is 3.75. The molecule has 0 bridgehead atoms. The van der Waals surface area contributed by atoms with Gasteiger partial charge in [-0.2, -0.15) is 0 Å². The van der Waals surface area contributed by atoms with Crippen LogP contribution in [-0.4, -0.2) is 36.8 Å². The monoisotopic (exact) mass is 435 g/mol. The van der Waals surface area contributed by atoms with Gasteiger partial charge in [0.2, 0.25) is 0 Å². The van der Waals surface area contributed by atoms with Crippen LogP contribution in [0.3, 0.4) is 0 Å². The van der Waals surface area contributed by atoms with Gasteiger partial charge in [-0.3, -0.25) is 4.79 Å². The molecule has 152 valence electrons. The topological polar surface area (TPSA) is 67.6 Å². The highest BCUT2D eigenvalue weighted by atomic mass is 35.5. The van der Waals surface area contributed by atoms with Gasteiger partial charge in [-0.1, -0.05) is 23.7 Å². The second-order valence-electron chi connectivity index (χ2n) is 7.32. The Balaban J connectivity index is 1.74. The predicted octanol–water partition coefficient (Wildman–Crippen LogP) is 4.36. The lowest BCUT2D eigenvalue weighted by Crippen LogP contribution is -2.40. The quantitative estimate of drug-likeness (QED) is 0.610. The van der Waals surface area contributed by atoms with Crippen molar-refractivity contribution in [3.63, 3.8) is 0 Å². The highest BCUT2D eigenvalue weighted by Gasteiger charge is 2.36. The van der Waals surface area contributed by atoms with E-state index >= 15 is 0 Å². The number of rotatable bonds is 4. The third kappa shape index (κ3) is 4.02. The second kappa shape index (κ2) is 7.46. The summed E-state index contributed by atoms with van der Waals surface area (Å²) >= 11 is 6.06. The number of furan rings is 1. The first-order valence-corrected chi connectivity index (χ1v) is 11.4. The Morgan fingerprint density at radius 2 is 2.07 bits per heavy atom. The highest BCUT2D eigenvalue weighted by Crippen LogP contribution is 2.30. The normalized spacial score (nSPS) is 18.2. The van der Waals surface area contributed by atoms with Crippen molar-refractivity contribution in [2.75, 3.05) is 11.5 Å². The van der Waals surface area contributed by atoms with Gasteiger partial charge in [0.15, 0.2) is 15.6 Å². The molecule has 0 N–H and O–H groups in total. The lowest BCUT2D eigenvalue weighted by molar-refractivity contribution is 0.0649. The van der Waals surface area contributed by atoms with E-state index in [1.807, 2.05) is 0 Å². The van der Waals surface area contributed by atoms with Gasteiger partial charge in [0.05, 0.1) is 11.5 Å². The molecule has 2 aromatic carbocycles. The Hall–Kier alpha value is -2.38. The Morgan fingerprint density at radius 3 is 2.76 bits per heavy atom. The van der Waals surface area contributed by atoms with E-state index in [9.17, 15) is 17.6 Å². The van der Waals surface area contributed by atoms with Gasteiger partial charge < -0.3 is 9.32 Å². The number of hydrogen-bond acceptors (Lipinski definition) is 4. The van der Waals surface area contributed by atoms with Crippen molar-refractivity contribution in [3.8, 4) is 0 Å². The molecule has 0 radical (unpaired) electrons. The lowest BCUT2D eigenvalue weighted by Gasteiger charge is -2.28. The van der Waals surface area contributed by atoms with E-state index in [1.165, 1.54) is 17.0 Å². The summed E-state index contributed by atoms with van der Waals surface area (Å²) in [5.74, 6) is -0.772. The molecule has 1 aromatic heterocycles. The summed E-state index contributed by atoms with van der Waals surface area (Å²) in [5, 5.41) is 1.25. The molecule has 1 atom stereocenters. The predicted molar refractivity (Wildman–Crippen MR) is 109 cm³/mol. The molecule has 2 heterocycles. The molecule has 4 rings (SSSR count). The van der Waals surface area contributed by atoms with E-state index < -0.39 is 27.6 Å². The molecular formula is C21H19ClFNO4S. The zero-order chi connectivity index (χ0) is 20.8. The molecule has 0 spiro atoms. The molecule has 0 saturated carbocycles. The van der Waals surface area contributed by atoms with E-state index in [4.69, 9.17) is 16.0 Å². The minimum absolute atomic E-state index is 0.0271.